The van der Waals surface area contributed by atoms with Gasteiger partial charge in [0.2, 0.25) is 0 Å². The lowest BCUT2D eigenvalue weighted by molar-refractivity contribution is 0.468. The molecule has 20 heavy (non-hydrogen) atoms. The Balaban J connectivity index is 2.21. The Morgan fingerprint density at radius 1 is 1.00 bits per heavy atom. The molecule has 0 saturated carbocycles. The average Bonchev–Trinajstić information content (AvgIpc) is 2.38. The van der Waals surface area contributed by atoms with Gasteiger partial charge >= 0.3 is 0 Å². The number of hydrogen-bond donors (Lipinski definition) is 2. The number of halogens is 5. The highest BCUT2D eigenvalue weighted by Crippen LogP contribution is 2.33. The van der Waals surface area contributed by atoms with Gasteiger partial charge in [0, 0.05) is 18.7 Å². The van der Waals surface area contributed by atoms with Crippen LogP contribution in [0.5, 0.6) is 5.75 Å². The van der Waals surface area contributed by atoms with E-state index in [0.717, 1.165) is 6.07 Å². The van der Waals surface area contributed by atoms with Crippen molar-refractivity contribution in [3.05, 3.63) is 56.2 Å². The third-order valence-electron chi connectivity index (χ3n) is 2.55. The predicted molar refractivity (Wildman–Crippen MR) is 77.1 cm³/mol. The van der Waals surface area contributed by atoms with Crippen molar-refractivity contribution < 1.29 is 18.3 Å². The van der Waals surface area contributed by atoms with Crippen molar-refractivity contribution in [2.24, 2.45) is 0 Å². The summed E-state index contributed by atoms with van der Waals surface area (Å²) in [6.07, 6.45) is 0. The summed E-state index contributed by atoms with van der Waals surface area (Å²) in [5.41, 5.74) is 0.424. The first-order valence-corrected chi connectivity index (χ1v) is 7.02. The van der Waals surface area contributed by atoms with Gasteiger partial charge in [-0.1, -0.05) is 0 Å². The van der Waals surface area contributed by atoms with E-state index >= 15 is 0 Å². The van der Waals surface area contributed by atoms with Gasteiger partial charge in [0.25, 0.3) is 0 Å². The molecule has 0 aliphatic heterocycles. The highest BCUT2D eigenvalue weighted by atomic mass is 79.9. The number of hydrogen-bond acceptors (Lipinski definition) is 2. The van der Waals surface area contributed by atoms with E-state index in [9.17, 15) is 18.3 Å². The fraction of sp³-hybridized carbons (Fsp3) is 0.0769. The van der Waals surface area contributed by atoms with Gasteiger partial charge in [-0.25, -0.2) is 13.2 Å². The second-order valence-electron chi connectivity index (χ2n) is 4.01. The van der Waals surface area contributed by atoms with Crippen LogP contribution in [-0.4, -0.2) is 5.11 Å². The lowest BCUT2D eigenvalue weighted by Gasteiger charge is -2.10. The van der Waals surface area contributed by atoms with E-state index in [0.29, 0.717) is 20.6 Å². The molecule has 0 fully saturated rings. The van der Waals surface area contributed by atoms with Gasteiger partial charge in [0.05, 0.1) is 14.6 Å². The molecule has 0 aliphatic carbocycles. The monoisotopic (exact) mass is 409 g/mol. The van der Waals surface area contributed by atoms with Crippen LogP contribution in [0, 0.1) is 17.5 Å². The summed E-state index contributed by atoms with van der Waals surface area (Å²) in [6, 6.07) is 4.58. The van der Waals surface area contributed by atoms with Crippen molar-refractivity contribution in [3.8, 4) is 5.75 Å². The number of phenolic OH excluding ortho intramolecular Hbond substituents is 1. The van der Waals surface area contributed by atoms with E-state index in [1.54, 1.807) is 12.1 Å². The fourth-order valence-corrected chi connectivity index (χ4v) is 2.88. The number of benzene rings is 2. The maximum absolute atomic E-state index is 13.4. The molecule has 0 heterocycles. The SMILES string of the molecule is Oc1c(Br)cc(CNc2cc(F)cc(F)c2F)cc1Br. The quantitative estimate of drug-likeness (QED) is 0.702. The molecule has 0 aliphatic rings. The van der Waals surface area contributed by atoms with E-state index in [1.165, 1.54) is 0 Å². The molecule has 0 atom stereocenters. The summed E-state index contributed by atoms with van der Waals surface area (Å²) in [5.74, 6) is -3.21. The maximum atomic E-state index is 13.4. The molecule has 0 aromatic heterocycles. The van der Waals surface area contributed by atoms with Crippen LogP contribution >= 0.6 is 31.9 Å². The van der Waals surface area contributed by atoms with Crippen LogP contribution in [0.1, 0.15) is 5.56 Å². The molecule has 2 nitrogen and oxygen atoms in total. The zero-order chi connectivity index (χ0) is 14.9. The van der Waals surface area contributed by atoms with Gasteiger partial charge in [-0.15, -0.1) is 0 Å². The fourth-order valence-electron chi connectivity index (χ4n) is 1.60. The summed E-state index contributed by atoms with van der Waals surface area (Å²) in [6.45, 7) is 0.136. The van der Waals surface area contributed by atoms with Gasteiger partial charge < -0.3 is 10.4 Å². The van der Waals surface area contributed by atoms with Gasteiger partial charge in [-0.2, -0.15) is 0 Å². The standard InChI is InChI=1S/C13H8Br2F3NO/c14-8-1-6(2-9(15)13(8)20)5-19-11-4-7(16)3-10(17)12(11)18/h1-4,19-20H,5H2. The van der Waals surface area contributed by atoms with Gasteiger partial charge in [-0.05, 0) is 49.6 Å². The lowest BCUT2D eigenvalue weighted by atomic mass is 10.2. The van der Waals surface area contributed by atoms with Crippen LogP contribution in [0.25, 0.3) is 0 Å². The molecule has 0 amide bonds. The summed E-state index contributed by atoms with van der Waals surface area (Å²) in [5, 5.41) is 12.2. The van der Waals surface area contributed by atoms with Crippen molar-refractivity contribution >= 4 is 37.5 Å². The van der Waals surface area contributed by atoms with Crippen molar-refractivity contribution in [1.82, 2.24) is 0 Å². The molecule has 2 aromatic carbocycles. The van der Waals surface area contributed by atoms with Gasteiger partial charge in [0.15, 0.2) is 11.6 Å². The van der Waals surface area contributed by atoms with E-state index in [4.69, 9.17) is 0 Å². The summed E-state index contributed by atoms with van der Waals surface area (Å²) >= 11 is 6.32. The zero-order valence-electron chi connectivity index (χ0n) is 9.85. The summed E-state index contributed by atoms with van der Waals surface area (Å²) in [7, 11) is 0. The maximum Gasteiger partial charge on any atom is 0.182 e. The molecule has 0 bridgehead atoms. The number of nitrogens with one attached hydrogen (secondary N) is 1. The highest BCUT2D eigenvalue weighted by Gasteiger charge is 2.11. The first-order valence-electron chi connectivity index (χ1n) is 5.44. The molecule has 0 unspecified atom stereocenters. The zero-order valence-corrected chi connectivity index (χ0v) is 13.0. The van der Waals surface area contributed by atoms with Crippen molar-refractivity contribution in [2.45, 2.75) is 6.54 Å². The Morgan fingerprint density at radius 3 is 2.20 bits per heavy atom. The molecular weight excluding hydrogens is 403 g/mol. The van der Waals surface area contributed by atoms with Crippen LogP contribution in [0.3, 0.4) is 0 Å². The van der Waals surface area contributed by atoms with Crippen LogP contribution in [0.4, 0.5) is 18.9 Å². The molecule has 2 aromatic rings. The van der Waals surface area contributed by atoms with Crippen molar-refractivity contribution in [1.29, 1.82) is 0 Å². The second-order valence-corrected chi connectivity index (χ2v) is 5.72. The predicted octanol–water partition coefficient (Wildman–Crippen LogP) is 4.95. The first-order chi connectivity index (χ1) is 9.38. The Kier molecular flexibility index (Phi) is 4.59. The largest absolute Gasteiger partial charge is 0.506 e. The molecule has 0 spiro atoms. The minimum absolute atomic E-state index is 0.0386. The normalized spacial score (nSPS) is 10.7. The average molecular weight is 411 g/mol. The molecule has 106 valence electrons. The van der Waals surface area contributed by atoms with E-state index in [-0.39, 0.29) is 18.0 Å². The van der Waals surface area contributed by atoms with Crippen molar-refractivity contribution in [3.63, 3.8) is 0 Å². The Bertz CT molecular complexity index is 641. The van der Waals surface area contributed by atoms with Crippen LogP contribution in [-0.2, 0) is 6.54 Å². The molecule has 2 rings (SSSR count). The molecule has 2 N–H and O–H groups in total. The highest BCUT2D eigenvalue weighted by molar-refractivity contribution is 9.11. The molecule has 7 heteroatoms. The third-order valence-corrected chi connectivity index (χ3v) is 3.76. The lowest BCUT2D eigenvalue weighted by Crippen LogP contribution is -2.03. The molecule has 0 radical (unpaired) electrons. The minimum Gasteiger partial charge on any atom is -0.506 e. The van der Waals surface area contributed by atoms with Crippen LogP contribution < -0.4 is 5.32 Å². The smallest absolute Gasteiger partial charge is 0.182 e. The third kappa shape index (κ3) is 3.27. The van der Waals surface area contributed by atoms with E-state index in [1.807, 2.05) is 0 Å². The van der Waals surface area contributed by atoms with E-state index < -0.39 is 17.5 Å². The number of rotatable bonds is 3. The van der Waals surface area contributed by atoms with Crippen molar-refractivity contribution in [2.75, 3.05) is 5.32 Å². The Morgan fingerprint density at radius 2 is 1.60 bits per heavy atom. The Labute approximate surface area is 129 Å². The van der Waals surface area contributed by atoms with Crippen LogP contribution in [0.15, 0.2) is 33.2 Å². The number of phenols is 1. The topological polar surface area (TPSA) is 32.3 Å². The van der Waals surface area contributed by atoms with Crippen LogP contribution in [0.2, 0.25) is 0 Å². The molecule has 0 saturated heterocycles. The van der Waals surface area contributed by atoms with E-state index in [2.05, 4.69) is 37.2 Å². The van der Waals surface area contributed by atoms with Gasteiger partial charge in [-0.3, -0.25) is 0 Å². The summed E-state index contributed by atoms with van der Waals surface area (Å²) in [4.78, 5) is 0. The first kappa shape index (κ1) is 15.2. The second kappa shape index (κ2) is 6.05. The number of anilines is 1. The minimum atomic E-state index is -1.25. The Hall–Kier alpha value is -1.21. The number of aromatic hydroxyl groups is 1. The summed E-state index contributed by atoms with van der Waals surface area (Å²) < 4.78 is 40.4. The molecular formula is C13H8Br2F3NO. The van der Waals surface area contributed by atoms with Gasteiger partial charge in [0.1, 0.15) is 11.6 Å².